The number of nitrogens with one attached hydrogen (secondary N) is 1. The van der Waals surface area contributed by atoms with Crippen molar-refractivity contribution >= 4 is 15.7 Å². The van der Waals surface area contributed by atoms with Crippen LogP contribution in [0.25, 0.3) is 0 Å². The highest BCUT2D eigenvalue weighted by atomic mass is 32.2. The summed E-state index contributed by atoms with van der Waals surface area (Å²) < 4.78 is 39.6. The van der Waals surface area contributed by atoms with Crippen LogP contribution >= 0.6 is 0 Å². The molecule has 0 saturated carbocycles. The fourth-order valence-electron chi connectivity index (χ4n) is 1.64. The van der Waals surface area contributed by atoms with Gasteiger partial charge in [0.2, 0.25) is 10.0 Å². The van der Waals surface area contributed by atoms with E-state index in [2.05, 4.69) is 4.72 Å². The average molecular weight is 274 g/mol. The molecule has 102 valence electrons. The quantitative estimate of drug-likeness (QED) is 0.782. The Labute approximate surface area is 107 Å². The molecule has 0 bridgehead atoms. The molecule has 1 unspecified atom stereocenters. The SMILES string of the molecule is CCCCC(C)NS(=O)(=O)c1cc(F)ccc1N. The first-order chi connectivity index (χ1) is 8.36. The van der Waals surface area contributed by atoms with Crippen molar-refractivity contribution in [3.8, 4) is 0 Å². The molecule has 0 saturated heterocycles. The van der Waals surface area contributed by atoms with Crippen molar-refractivity contribution in [3.63, 3.8) is 0 Å². The van der Waals surface area contributed by atoms with E-state index in [-0.39, 0.29) is 16.6 Å². The van der Waals surface area contributed by atoms with Crippen molar-refractivity contribution in [2.24, 2.45) is 0 Å². The molecule has 0 amide bonds. The summed E-state index contributed by atoms with van der Waals surface area (Å²) in [4.78, 5) is -0.203. The molecule has 3 N–H and O–H groups in total. The number of sulfonamides is 1. The van der Waals surface area contributed by atoms with E-state index in [4.69, 9.17) is 5.73 Å². The van der Waals surface area contributed by atoms with Gasteiger partial charge in [-0.25, -0.2) is 17.5 Å². The molecular formula is C12H19FN2O2S. The topological polar surface area (TPSA) is 72.2 Å². The third kappa shape index (κ3) is 3.96. The minimum Gasteiger partial charge on any atom is -0.398 e. The van der Waals surface area contributed by atoms with Crippen LogP contribution in [0.2, 0.25) is 0 Å². The van der Waals surface area contributed by atoms with Crippen molar-refractivity contribution in [3.05, 3.63) is 24.0 Å². The molecule has 18 heavy (non-hydrogen) atoms. The van der Waals surface area contributed by atoms with E-state index in [1.54, 1.807) is 6.92 Å². The molecular weight excluding hydrogens is 255 g/mol. The number of rotatable bonds is 6. The first-order valence-corrected chi connectivity index (χ1v) is 7.42. The van der Waals surface area contributed by atoms with E-state index in [0.29, 0.717) is 0 Å². The summed E-state index contributed by atoms with van der Waals surface area (Å²) in [7, 11) is -3.76. The third-order valence-electron chi connectivity index (χ3n) is 2.61. The van der Waals surface area contributed by atoms with E-state index in [0.717, 1.165) is 31.4 Å². The number of hydrogen-bond donors (Lipinski definition) is 2. The Bertz CT molecular complexity index is 503. The van der Waals surface area contributed by atoms with Crippen molar-refractivity contribution in [2.75, 3.05) is 5.73 Å². The van der Waals surface area contributed by atoms with Gasteiger partial charge in [0.1, 0.15) is 10.7 Å². The molecule has 0 fully saturated rings. The Morgan fingerprint density at radius 3 is 2.72 bits per heavy atom. The number of benzene rings is 1. The summed E-state index contributed by atoms with van der Waals surface area (Å²) in [5.41, 5.74) is 5.61. The van der Waals surface area contributed by atoms with Crippen molar-refractivity contribution in [1.82, 2.24) is 4.72 Å². The Hall–Kier alpha value is -1.14. The molecule has 1 atom stereocenters. The van der Waals surface area contributed by atoms with E-state index in [1.807, 2.05) is 6.92 Å². The largest absolute Gasteiger partial charge is 0.398 e. The van der Waals surface area contributed by atoms with Gasteiger partial charge in [0.15, 0.2) is 0 Å². The molecule has 0 aliphatic heterocycles. The minimum absolute atomic E-state index is 0.0478. The molecule has 0 aliphatic carbocycles. The van der Waals surface area contributed by atoms with Gasteiger partial charge in [0, 0.05) is 6.04 Å². The number of halogens is 1. The molecule has 1 aromatic carbocycles. The van der Waals surface area contributed by atoms with Gasteiger partial charge in [-0.3, -0.25) is 0 Å². The molecule has 0 aromatic heterocycles. The summed E-state index contributed by atoms with van der Waals surface area (Å²) >= 11 is 0. The first kappa shape index (κ1) is 14.9. The molecule has 6 heteroatoms. The Morgan fingerprint density at radius 2 is 2.11 bits per heavy atom. The lowest BCUT2D eigenvalue weighted by molar-refractivity contribution is 0.533. The molecule has 0 radical (unpaired) electrons. The van der Waals surface area contributed by atoms with Crippen LogP contribution in [0.4, 0.5) is 10.1 Å². The number of hydrogen-bond acceptors (Lipinski definition) is 3. The Morgan fingerprint density at radius 1 is 1.44 bits per heavy atom. The zero-order valence-electron chi connectivity index (χ0n) is 10.6. The monoisotopic (exact) mass is 274 g/mol. The van der Waals surface area contributed by atoms with Crippen LogP contribution in [0.3, 0.4) is 0 Å². The lowest BCUT2D eigenvalue weighted by atomic mass is 10.2. The summed E-state index contributed by atoms with van der Waals surface area (Å²) in [6, 6.07) is 3.12. The smallest absolute Gasteiger partial charge is 0.242 e. The predicted molar refractivity (Wildman–Crippen MR) is 70.1 cm³/mol. The zero-order chi connectivity index (χ0) is 13.8. The van der Waals surface area contributed by atoms with Crippen LogP contribution in [-0.2, 0) is 10.0 Å². The predicted octanol–water partition coefficient (Wildman–Crippen LogP) is 2.26. The van der Waals surface area contributed by atoms with E-state index >= 15 is 0 Å². The van der Waals surface area contributed by atoms with Crippen LogP contribution in [0.5, 0.6) is 0 Å². The van der Waals surface area contributed by atoms with Gasteiger partial charge in [-0.1, -0.05) is 19.8 Å². The maximum absolute atomic E-state index is 13.1. The minimum atomic E-state index is -3.76. The van der Waals surface area contributed by atoms with Crippen LogP contribution in [0.15, 0.2) is 23.1 Å². The van der Waals surface area contributed by atoms with Gasteiger partial charge in [0.25, 0.3) is 0 Å². The van der Waals surface area contributed by atoms with E-state index in [9.17, 15) is 12.8 Å². The molecule has 0 spiro atoms. The van der Waals surface area contributed by atoms with E-state index in [1.165, 1.54) is 6.07 Å². The third-order valence-corrected chi connectivity index (χ3v) is 4.26. The summed E-state index contributed by atoms with van der Waals surface area (Å²) in [5.74, 6) is -0.620. The zero-order valence-corrected chi connectivity index (χ0v) is 11.4. The number of nitrogens with two attached hydrogens (primary N) is 1. The van der Waals surface area contributed by atoms with Gasteiger partial charge < -0.3 is 5.73 Å². The lowest BCUT2D eigenvalue weighted by Gasteiger charge is -2.14. The standard InChI is InChI=1S/C12H19FN2O2S/c1-3-4-5-9(2)15-18(16,17)12-8-10(13)6-7-11(12)14/h6-9,15H,3-5,14H2,1-2H3. The number of nitrogen functional groups attached to an aromatic ring is 1. The Balaban J connectivity index is 2.89. The second-order valence-corrected chi connectivity index (χ2v) is 6.03. The van der Waals surface area contributed by atoms with Crippen molar-refractivity contribution in [2.45, 2.75) is 44.0 Å². The second kappa shape index (κ2) is 6.15. The second-order valence-electron chi connectivity index (χ2n) is 4.35. The summed E-state index contributed by atoms with van der Waals surface area (Å²) in [6.45, 7) is 3.81. The number of unbranched alkanes of at least 4 members (excludes halogenated alkanes) is 1. The molecule has 1 aromatic rings. The molecule has 0 aliphatic rings. The van der Waals surface area contributed by atoms with Crippen LogP contribution in [0.1, 0.15) is 33.1 Å². The highest BCUT2D eigenvalue weighted by molar-refractivity contribution is 7.89. The molecule has 1 rings (SSSR count). The lowest BCUT2D eigenvalue weighted by Crippen LogP contribution is -2.33. The normalized spacial score (nSPS) is 13.5. The first-order valence-electron chi connectivity index (χ1n) is 5.94. The number of anilines is 1. The van der Waals surface area contributed by atoms with Gasteiger partial charge in [-0.2, -0.15) is 0 Å². The maximum Gasteiger partial charge on any atom is 0.242 e. The van der Waals surface area contributed by atoms with Crippen LogP contribution in [0, 0.1) is 5.82 Å². The fourth-order valence-corrected chi connectivity index (χ4v) is 3.06. The van der Waals surface area contributed by atoms with Gasteiger partial charge in [0.05, 0.1) is 5.69 Å². The molecule has 4 nitrogen and oxygen atoms in total. The van der Waals surface area contributed by atoms with Crippen LogP contribution in [-0.4, -0.2) is 14.5 Å². The van der Waals surface area contributed by atoms with Crippen molar-refractivity contribution < 1.29 is 12.8 Å². The van der Waals surface area contributed by atoms with Crippen LogP contribution < -0.4 is 10.5 Å². The van der Waals surface area contributed by atoms with Gasteiger partial charge in [-0.05, 0) is 31.5 Å². The average Bonchev–Trinajstić information content (AvgIpc) is 2.29. The summed E-state index contributed by atoms with van der Waals surface area (Å²) in [6.07, 6.45) is 2.67. The highest BCUT2D eigenvalue weighted by Crippen LogP contribution is 2.19. The van der Waals surface area contributed by atoms with Gasteiger partial charge >= 0.3 is 0 Å². The van der Waals surface area contributed by atoms with Crippen molar-refractivity contribution in [1.29, 1.82) is 0 Å². The highest BCUT2D eigenvalue weighted by Gasteiger charge is 2.20. The van der Waals surface area contributed by atoms with Gasteiger partial charge in [-0.15, -0.1) is 0 Å². The Kier molecular flexibility index (Phi) is 5.10. The molecule has 0 heterocycles. The maximum atomic E-state index is 13.1. The summed E-state index contributed by atoms with van der Waals surface area (Å²) in [5, 5.41) is 0. The fraction of sp³-hybridized carbons (Fsp3) is 0.500. The van der Waals surface area contributed by atoms with E-state index < -0.39 is 15.8 Å².